The second kappa shape index (κ2) is 11.5. The number of halogens is 2. The fourth-order valence-corrected chi connectivity index (χ4v) is 4.42. The molecular formula is C29H32F2O3. The topological polar surface area (TPSA) is 27.7 Å². The fourth-order valence-electron chi connectivity index (χ4n) is 4.42. The lowest BCUT2D eigenvalue weighted by Gasteiger charge is -2.28. The Morgan fingerprint density at radius 2 is 1.47 bits per heavy atom. The van der Waals surface area contributed by atoms with Crippen LogP contribution in [0.15, 0.2) is 60.7 Å². The first kappa shape index (κ1) is 24.2. The van der Waals surface area contributed by atoms with Crippen LogP contribution in [0.4, 0.5) is 8.78 Å². The Bertz CT molecular complexity index is 1060. The van der Waals surface area contributed by atoms with E-state index >= 15 is 0 Å². The van der Waals surface area contributed by atoms with E-state index in [1.54, 1.807) is 25.1 Å². The molecule has 1 saturated heterocycles. The van der Waals surface area contributed by atoms with Gasteiger partial charge in [0.15, 0.2) is 11.6 Å². The molecule has 1 aliphatic rings. The maximum absolute atomic E-state index is 14.5. The van der Waals surface area contributed by atoms with Crippen LogP contribution in [0.2, 0.25) is 0 Å². The van der Waals surface area contributed by atoms with Crippen LogP contribution < -0.4 is 9.47 Å². The highest BCUT2D eigenvalue weighted by atomic mass is 19.2. The number of ether oxygens (including phenoxy) is 3. The molecule has 0 aromatic heterocycles. The minimum atomic E-state index is -0.960. The molecule has 5 heteroatoms. The predicted octanol–water partition coefficient (Wildman–Crippen LogP) is 7.67. The highest BCUT2D eigenvalue weighted by Crippen LogP contribution is 2.32. The van der Waals surface area contributed by atoms with E-state index in [0.717, 1.165) is 29.9 Å². The van der Waals surface area contributed by atoms with Gasteiger partial charge in [-0.15, -0.1) is 0 Å². The molecular weight excluding hydrogens is 434 g/mol. The van der Waals surface area contributed by atoms with Gasteiger partial charge in [0.2, 0.25) is 5.82 Å². The van der Waals surface area contributed by atoms with Crippen LogP contribution in [0.1, 0.15) is 39.5 Å². The van der Waals surface area contributed by atoms with Crippen molar-refractivity contribution >= 4 is 0 Å². The Hall–Kier alpha value is -2.92. The fraction of sp³-hybridized carbons (Fsp3) is 0.379. The maximum Gasteiger partial charge on any atom is 0.201 e. The monoisotopic (exact) mass is 466 g/mol. The first-order valence-electron chi connectivity index (χ1n) is 12.1. The molecule has 2 unspecified atom stereocenters. The summed E-state index contributed by atoms with van der Waals surface area (Å²) in [5, 5.41) is 0. The standard InChI is InChI=1S/C29H32F2O3/c1-3-5-20-6-13-25(33-18-20)19-34-24-14-11-22(12-15-24)21-7-9-23(10-8-21)26-16-17-27(32-4-2)29(31)28(26)30/h7-12,14-17,20,25H,3-6,13,18-19H2,1-2H3. The van der Waals surface area contributed by atoms with Gasteiger partial charge in [-0.1, -0.05) is 49.7 Å². The van der Waals surface area contributed by atoms with Gasteiger partial charge in [-0.2, -0.15) is 4.39 Å². The summed E-state index contributed by atoms with van der Waals surface area (Å²) < 4.78 is 45.8. The van der Waals surface area contributed by atoms with Crippen LogP contribution >= 0.6 is 0 Å². The van der Waals surface area contributed by atoms with E-state index in [1.165, 1.54) is 25.3 Å². The average Bonchev–Trinajstić information content (AvgIpc) is 2.87. The molecule has 3 aromatic rings. The second-order valence-corrected chi connectivity index (χ2v) is 8.77. The van der Waals surface area contributed by atoms with E-state index in [2.05, 4.69) is 6.92 Å². The van der Waals surface area contributed by atoms with E-state index in [4.69, 9.17) is 14.2 Å². The van der Waals surface area contributed by atoms with Gasteiger partial charge in [-0.05, 0) is 73.1 Å². The molecule has 34 heavy (non-hydrogen) atoms. The summed E-state index contributed by atoms with van der Waals surface area (Å²) in [5.74, 6) is -0.427. The smallest absolute Gasteiger partial charge is 0.201 e. The van der Waals surface area contributed by atoms with Crippen molar-refractivity contribution in [1.29, 1.82) is 0 Å². The maximum atomic E-state index is 14.5. The van der Waals surface area contributed by atoms with Gasteiger partial charge in [0.25, 0.3) is 0 Å². The summed E-state index contributed by atoms with van der Waals surface area (Å²) in [4.78, 5) is 0. The van der Waals surface area contributed by atoms with E-state index < -0.39 is 11.6 Å². The summed E-state index contributed by atoms with van der Waals surface area (Å²) >= 11 is 0. The molecule has 2 atom stereocenters. The van der Waals surface area contributed by atoms with Gasteiger partial charge in [0.05, 0.1) is 12.7 Å². The average molecular weight is 467 g/mol. The quantitative estimate of drug-likeness (QED) is 0.324. The van der Waals surface area contributed by atoms with Crippen LogP contribution in [0.5, 0.6) is 11.5 Å². The van der Waals surface area contributed by atoms with E-state index in [-0.39, 0.29) is 24.0 Å². The van der Waals surface area contributed by atoms with Gasteiger partial charge in [0, 0.05) is 12.2 Å². The molecule has 0 N–H and O–H groups in total. The molecule has 3 aromatic carbocycles. The summed E-state index contributed by atoms with van der Waals surface area (Å²) in [6.07, 6.45) is 4.87. The summed E-state index contributed by atoms with van der Waals surface area (Å²) in [6, 6.07) is 18.3. The van der Waals surface area contributed by atoms with Crippen molar-refractivity contribution < 1.29 is 23.0 Å². The van der Waals surface area contributed by atoms with Crippen molar-refractivity contribution in [2.45, 2.75) is 45.6 Å². The molecule has 1 heterocycles. The Kier molecular flexibility index (Phi) is 8.17. The van der Waals surface area contributed by atoms with Crippen LogP contribution in [-0.2, 0) is 4.74 Å². The van der Waals surface area contributed by atoms with E-state index in [9.17, 15) is 8.78 Å². The van der Waals surface area contributed by atoms with E-state index in [0.29, 0.717) is 18.1 Å². The van der Waals surface area contributed by atoms with Crippen molar-refractivity contribution in [2.24, 2.45) is 5.92 Å². The summed E-state index contributed by atoms with van der Waals surface area (Å²) in [5.41, 5.74) is 2.83. The Labute approximate surface area is 200 Å². The van der Waals surface area contributed by atoms with Gasteiger partial charge < -0.3 is 14.2 Å². The minimum Gasteiger partial charge on any atom is -0.491 e. The largest absolute Gasteiger partial charge is 0.491 e. The molecule has 1 fully saturated rings. The van der Waals surface area contributed by atoms with Crippen LogP contribution in [0, 0.1) is 17.6 Å². The molecule has 0 amide bonds. The minimum absolute atomic E-state index is 0.0709. The first-order chi connectivity index (χ1) is 16.6. The van der Waals surface area contributed by atoms with Crippen LogP contribution in [0.3, 0.4) is 0 Å². The number of benzene rings is 3. The number of rotatable bonds is 9. The van der Waals surface area contributed by atoms with Gasteiger partial charge in [-0.25, -0.2) is 4.39 Å². The number of hydrogen-bond donors (Lipinski definition) is 0. The third kappa shape index (κ3) is 5.76. The van der Waals surface area contributed by atoms with Gasteiger partial charge in [0.1, 0.15) is 12.4 Å². The molecule has 0 spiro atoms. The first-order valence-corrected chi connectivity index (χ1v) is 12.1. The van der Waals surface area contributed by atoms with Crippen molar-refractivity contribution in [3.63, 3.8) is 0 Å². The zero-order chi connectivity index (χ0) is 23.9. The molecule has 0 bridgehead atoms. The summed E-state index contributed by atoms with van der Waals surface area (Å²) in [7, 11) is 0. The third-order valence-corrected chi connectivity index (χ3v) is 6.33. The Balaban J connectivity index is 1.36. The van der Waals surface area contributed by atoms with Crippen molar-refractivity contribution in [1.82, 2.24) is 0 Å². The summed E-state index contributed by atoms with van der Waals surface area (Å²) in [6.45, 7) is 5.63. The molecule has 1 aliphatic heterocycles. The van der Waals surface area contributed by atoms with E-state index in [1.807, 2.05) is 36.4 Å². The van der Waals surface area contributed by atoms with Crippen LogP contribution in [0.25, 0.3) is 22.3 Å². The van der Waals surface area contributed by atoms with Crippen molar-refractivity contribution in [2.75, 3.05) is 19.8 Å². The van der Waals surface area contributed by atoms with Crippen LogP contribution in [-0.4, -0.2) is 25.9 Å². The second-order valence-electron chi connectivity index (χ2n) is 8.77. The zero-order valence-electron chi connectivity index (χ0n) is 19.9. The van der Waals surface area contributed by atoms with Crippen molar-refractivity contribution in [3.05, 3.63) is 72.3 Å². The van der Waals surface area contributed by atoms with Crippen molar-refractivity contribution in [3.8, 4) is 33.8 Å². The van der Waals surface area contributed by atoms with Gasteiger partial charge in [-0.3, -0.25) is 0 Å². The molecule has 0 radical (unpaired) electrons. The SMILES string of the molecule is CCCC1CCC(COc2ccc(-c3ccc(-c4ccc(OCC)c(F)c4F)cc3)cc2)OC1. The highest BCUT2D eigenvalue weighted by Gasteiger charge is 2.21. The normalized spacial score (nSPS) is 18.0. The Morgan fingerprint density at radius 3 is 2.09 bits per heavy atom. The number of hydrogen-bond acceptors (Lipinski definition) is 3. The predicted molar refractivity (Wildman–Crippen MR) is 131 cm³/mol. The zero-order valence-corrected chi connectivity index (χ0v) is 19.9. The molecule has 180 valence electrons. The van der Waals surface area contributed by atoms with Gasteiger partial charge >= 0.3 is 0 Å². The third-order valence-electron chi connectivity index (χ3n) is 6.33. The lowest BCUT2D eigenvalue weighted by Crippen LogP contribution is -2.30. The Morgan fingerprint density at radius 1 is 0.794 bits per heavy atom. The lowest BCUT2D eigenvalue weighted by molar-refractivity contribution is -0.0391. The lowest BCUT2D eigenvalue weighted by atomic mass is 9.94. The molecule has 3 nitrogen and oxygen atoms in total. The molecule has 4 rings (SSSR count). The molecule has 0 saturated carbocycles. The molecule has 0 aliphatic carbocycles. The highest BCUT2D eigenvalue weighted by molar-refractivity contribution is 5.71.